The first kappa shape index (κ1) is 16.3. The smallest absolute Gasteiger partial charge is 0.207 e. The largest absolute Gasteiger partial charge is 0.245 e. The molecular weight excluding hydrogens is 361 g/mol. The number of benzene rings is 1. The zero-order valence-electron chi connectivity index (χ0n) is 11.7. The summed E-state index contributed by atoms with van der Waals surface area (Å²) in [6.07, 6.45) is 2.45. The Hall–Kier alpha value is -0.590. The third-order valence-electron chi connectivity index (χ3n) is 3.85. The molecule has 0 aliphatic carbocycles. The molecule has 0 saturated carbocycles. The minimum Gasteiger partial charge on any atom is -0.207 e. The minimum atomic E-state index is -3.59. The van der Waals surface area contributed by atoms with E-state index in [1.54, 1.807) is 4.31 Å². The maximum absolute atomic E-state index is 12.9. The van der Waals surface area contributed by atoms with E-state index in [0.717, 1.165) is 36.2 Å². The number of thiophene rings is 1. The molecule has 1 fully saturated rings. The van der Waals surface area contributed by atoms with E-state index in [9.17, 15) is 8.42 Å². The van der Waals surface area contributed by atoms with E-state index in [1.807, 2.05) is 30.3 Å². The van der Waals surface area contributed by atoms with Gasteiger partial charge in [-0.15, -0.1) is 11.3 Å². The first-order valence-corrected chi connectivity index (χ1v) is 10.0. The van der Waals surface area contributed by atoms with Gasteiger partial charge in [-0.3, -0.25) is 0 Å². The van der Waals surface area contributed by atoms with E-state index >= 15 is 0 Å². The van der Waals surface area contributed by atoms with E-state index in [2.05, 4.69) is 0 Å². The van der Waals surface area contributed by atoms with Gasteiger partial charge in [-0.05, 0) is 30.9 Å². The topological polar surface area (TPSA) is 37.4 Å². The number of hydrogen-bond donors (Lipinski definition) is 0. The van der Waals surface area contributed by atoms with Crippen molar-refractivity contribution in [1.82, 2.24) is 4.31 Å². The van der Waals surface area contributed by atoms with Crippen molar-refractivity contribution in [2.24, 2.45) is 0 Å². The zero-order valence-corrected chi connectivity index (χ0v) is 14.9. The lowest BCUT2D eigenvalue weighted by Crippen LogP contribution is -2.36. The van der Waals surface area contributed by atoms with Crippen molar-refractivity contribution in [2.75, 3.05) is 6.54 Å². The quantitative estimate of drug-likeness (QED) is 0.791. The van der Waals surface area contributed by atoms with Crippen LogP contribution in [0.1, 0.15) is 18.4 Å². The summed E-state index contributed by atoms with van der Waals surface area (Å²) in [5, 5.41) is 0. The van der Waals surface area contributed by atoms with Gasteiger partial charge in [-0.2, -0.15) is 4.31 Å². The van der Waals surface area contributed by atoms with Gasteiger partial charge in [-0.1, -0.05) is 53.5 Å². The van der Waals surface area contributed by atoms with Gasteiger partial charge in [-0.25, -0.2) is 8.42 Å². The van der Waals surface area contributed by atoms with Gasteiger partial charge in [0.05, 0.1) is 4.34 Å². The molecule has 1 atom stereocenters. The fourth-order valence-electron chi connectivity index (χ4n) is 2.84. The molecule has 0 N–H and O–H groups in total. The SMILES string of the molecule is O=S(=O)(c1cc(Cl)sc1Cl)N1CCCC1Cc1ccccc1. The summed E-state index contributed by atoms with van der Waals surface area (Å²) in [7, 11) is -3.59. The zero-order chi connectivity index (χ0) is 15.7. The summed E-state index contributed by atoms with van der Waals surface area (Å²) in [6, 6.07) is 11.4. The lowest BCUT2D eigenvalue weighted by Gasteiger charge is -2.24. The highest BCUT2D eigenvalue weighted by atomic mass is 35.5. The van der Waals surface area contributed by atoms with Crippen LogP contribution in [0.2, 0.25) is 8.67 Å². The molecule has 3 rings (SSSR count). The molecule has 118 valence electrons. The van der Waals surface area contributed by atoms with Crippen molar-refractivity contribution < 1.29 is 8.42 Å². The molecular formula is C15H15Cl2NO2S2. The Bertz CT molecular complexity index is 759. The average Bonchev–Trinajstić information content (AvgIpc) is 3.07. The van der Waals surface area contributed by atoms with Gasteiger partial charge in [0.1, 0.15) is 9.23 Å². The molecule has 1 aliphatic rings. The Morgan fingerprint density at radius 3 is 2.59 bits per heavy atom. The number of hydrogen-bond acceptors (Lipinski definition) is 3. The van der Waals surface area contributed by atoms with Crippen LogP contribution < -0.4 is 0 Å². The van der Waals surface area contributed by atoms with E-state index in [1.165, 1.54) is 6.07 Å². The molecule has 7 heteroatoms. The van der Waals surface area contributed by atoms with Crippen LogP contribution in [0, 0.1) is 0 Å². The highest BCUT2D eigenvalue weighted by Crippen LogP contribution is 2.38. The van der Waals surface area contributed by atoms with Gasteiger partial charge in [0.25, 0.3) is 0 Å². The van der Waals surface area contributed by atoms with E-state index in [0.29, 0.717) is 10.9 Å². The Morgan fingerprint density at radius 2 is 1.95 bits per heavy atom. The number of nitrogens with zero attached hydrogens (tertiary/aromatic N) is 1. The summed E-state index contributed by atoms with van der Waals surface area (Å²) < 4.78 is 27.9. The maximum Gasteiger partial charge on any atom is 0.245 e. The minimum absolute atomic E-state index is 0.0258. The van der Waals surface area contributed by atoms with Crippen LogP contribution in [0.5, 0.6) is 0 Å². The molecule has 22 heavy (non-hydrogen) atoms. The number of rotatable bonds is 4. The second-order valence-corrected chi connectivity index (χ2v) is 9.43. The molecule has 0 amide bonds. The number of sulfonamides is 1. The molecule has 0 bridgehead atoms. The third-order valence-corrected chi connectivity index (χ3v) is 7.55. The fraction of sp³-hybridized carbons (Fsp3) is 0.333. The first-order valence-electron chi connectivity index (χ1n) is 6.99. The predicted octanol–water partition coefficient (Wildman–Crippen LogP) is 4.45. The Morgan fingerprint density at radius 1 is 1.23 bits per heavy atom. The third kappa shape index (κ3) is 3.19. The Labute approximate surface area is 144 Å². The van der Waals surface area contributed by atoms with Gasteiger partial charge < -0.3 is 0 Å². The molecule has 1 aromatic heterocycles. The van der Waals surface area contributed by atoms with Crippen molar-refractivity contribution in [2.45, 2.75) is 30.2 Å². The lowest BCUT2D eigenvalue weighted by molar-refractivity contribution is 0.386. The highest BCUT2D eigenvalue weighted by molar-refractivity contribution is 7.89. The summed E-state index contributed by atoms with van der Waals surface area (Å²) in [6.45, 7) is 0.531. The standard InChI is InChI=1S/C15H15Cl2NO2S2/c16-14-10-13(15(17)21-14)22(19,20)18-8-4-7-12(18)9-11-5-2-1-3-6-11/h1-3,5-6,10,12H,4,7-9H2. The average molecular weight is 376 g/mol. The van der Waals surface area contributed by atoms with Gasteiger partial charge in [0.15, 0.2) is 0 Å². The second-order valence-electron chi connectivity index (χ2n) is 5.29. The van der Waals surface area contributed by atoms with Gasteiger partial charge in [0, 0.05) is 12.6 Å². The molecule has 1 saturated heterocycles. The van der Waals surface area contributed by atoms with Crippen LogP contribution in [0.15, 0.2) is 41.3 Å². The molecule has 1 aliphatic heterocycles. The van der Waals surface area contributed by atoms with Crippen LogP contribution in [0.25, 0.3) is 0 Å². The molecule has 0 spiro atoms. The van der Waals surface area contributed by atoms with Gasteiger partial charge >= 0.3 is 0 Å². The molecule has 3 nitrogen and oxygen atoms in total. The highest BCUT2D eigenvalue weighted by Gasteiger charge is 2.37. The van der Waals surface area contributed by atoms with Crippen molar-refractivity contribution in [1.29, 1.82) is 0 Å². The van der Waals surface area contributed by atoms with Crippen molar-refractivity contribution >= 4 is 44.6 Å². The van der Waals surface area contributed by atoms with Crippen molar-refractivity contribution in [3.63, 3.8) is 0 Å². The molecule has 1 aromatic carbocycles. The fourth-order valence-corrected chi connectivity index (χ4v) is 6.65. The number of halogens is 2. The molecule has 1 unspecified atom stereocenters. The van der Waals surface area contributed by atoms with Gasteiger partial charge in [0.2, 0.25) is 10.0 Å². The molecule has 2 heterocycles. The van der Waals surface area contributed by atoms with Crippen LogP contribution in [0.4, 0.5) is 0 Å². The van der Waals surface area contributed by atoms with Crippen molar-refractivity contribution in [3.8, 4) is 0 Å². The summed E-state index contributed by atoms with van der Waals surface area (Å²) in [5.41, 5.74) is 1.14. The normalized spacial score (nSPS) is 19.6. The second kappa shape index (κ2) is 6.49. The van der Waals surface area contributed by atoms with Crippen LogP contribution in [-0.4, -0.2) is 25.3 Å². The Balaban J connectivity index is 1.88. The van der Waals surface area contributed by atoms with Crippen LogP contribution >= 0.6 is 34.5 Å². The lowest BCUT2D eigenvalue weighted by atomic mass is 10.1. The van der Waals surface area contributed by atoms with E-state index < -0.39 is 10.0 Å². The van der Waals surface area contributed by atoms with Crippen LogP contribution in [0.3, 0.4) is 0 Å². The Kier molecular flexibility index (Phi) is 4.80. The monoisotopic (exact) mass is 375 g/mol. The molecule has 2 aromatic rings. The first-order chi connectivity index (χ1) is 10.5. The molecule has 0 radical (unpaired) electrons. The van der Waals surface area contributed by atoms with E-state index in [4.69, 9.17) is 23.2 Å². The van der Waals surface area contributed by atoms with Crippen LogP contribution in [-0.2, 0) is 16.4 Å². The summed E-state index contributed by atoms with van der Waals surface area (Å²) >= 11 is 13.0. The maximum atomic E-state index is 12.9. The van der Waals surface area contributed by atoms with Crippen molar-refractivity contribution in [3.05, 3.63) is 50.6 Å². The predicted molar refractivity (Wildman–Crippen MR) is 91.4 cm³/mol. The summed E-state index contributed by atoms with van der Waals surface area (Å²) in [5.74, 6) is 0. The summed E-state index contributed by atoms with van der Waals surface area (Å²) in [4.78, 5) is 0.129. The van der Waals surface area contributed by atoms with E-state index in [-0.39, 0.29) is 15.3 Å².